The van der Waals surface area contributed by atoms with Gasteiger partial charge in [0.15, 0.2) is 0 Å². The van der Waals surface area contributed by atoms with Crippen LogP contribution < -0.4 is 10.1 Å². The van der Waals surface area contributed by atoms with Gasteiger partial charge in [0.25, 0.3) is 0 Å². The van der Waals surface area contributed by atoms with E-state index in [1.807, 2.05) is 31.2 Å². The number of carbonyl (C=O) groups is 1. The number of benzene rings is 1. The van der Waals surface area contributed by atoms with Gasteiger partial charge in [-0.2, -0.15) is 0 Å². The van der Waals surface area contributed by atoms with E-state index in [9.17, 15) is 4.79 Å². The number of alkyl halides is 2. The smallest absolute Gasteiger partial charge is 0.224 e. The Morgan fingerprint density at radius 2 is 1.83 bits per heavy atom. The molecule has 1 N–H and O–H groups in total. The van der Waals surface area contributed by atoms with E-state index in [2.05, 4.69) is 37.2 Å². The highest BCUT2D eigenvalue weighted by atomic mass is 79.9. The molecule has 1 aromatic rings. The molecule has 18 heavy (non-hydrogen) atoms. The van der Waals surface area contributed by atoms with Gasteiger partial charge < -0.3 is 10.1 Å². The fraction of sp³-hybridized carbons (Fsp3) is 0.462. The maximum Gasteiger partial charge on any atom is 0.224 e. The SMILES string of the molecule is COc1ccc(CC(=O)NC(C)(CBr)CBr)cc1. The number of halogens is 2. The number of nitrogens with one attached hydrogen (secondary N) is 1. The van der Waals surface area contributed by atoms with Crippen molar-refractivity contribution in [3.63, 3.8) is 0 Å². The topological polar surface area (TPSA) is 38.3 Å². The van der Waals surface area contributed by atoms with Gasteiger partial charge in [0.1, 0.15) is 5.75 Å². The standard InChI is InChI=1S/C13H17Br2NO2/c1-13(8-14,9-15)16-12(17)7-10-3-5-11(18-2)6-4-10/h3-6H,7-9H2,1-2H3,(H,16,17). The number of carbonyl (C=O) groups excluding carboxylic acids is 1. The van der Waals surface area contributed by atoms with Crippen LogP contribution in [0.1, 0.15) is 12.5 Å². The minimum absolute atomic E-state index is 0.0153. The molecule has 0 aliphatic heterocycles. The summed E-state index contributed by atoms with van der Waals surface area (Å²) in [6.07, 6.45) is 0.375. The van der Waals surface area contributed by atoms with Crippen LogP contribution in [0.25, 0.3) is 0 Å². The van der Waals surface area contributed by atoms with Crippen molar-refractivity contribution in [3.05, 3.63) is 29.8 Å². The van der Waals surface area contributed by atoms with E-state index in [1.54, 1.807) is 7.11 Å². The molecule has 1 amide bonds. The average molecular weight is 379 g/mol. The number of amides is 1. The Morgan fingerprint density at radius 3 is 2.28 bits per heavy atom. The molecular formula is C13H17Br2NO2. The van der Waals surface area contributed by atoms with E-state index in [0.29, 0.717) is 17.1 Å². The summed E-state index contributed by atoms with van der Waals surface area (Å²) >= 11 is 6.81. The van der Waals surface area contributed by atoms with Gasteiger partial charge >= 0.3 is 0 Å². The molecule has 0 fully saturated rings. The second kappa shape index (κ2) is 7.14. The van der Waals surface area contributed by atoms with Crippen molar-refractivity contribution in [2.45, 2.75) is 18.9 Å². The third kappa shape index (κ3) is 4.61. The summed E-state index contributed by atoms with van der Waals surface area (Å²) in [7, 11) is 1.62. The molecular weight excluding hydrogens is 362 g/mol. The van der Waals surface area contributed by atoms with Crippen LogP contribution in [-0.4, -0.2) is 29.2 Å². The van der Waals surface area contributed by atoms with Gasteiger partial charge in [-0.15, -0.1) is 0 Å². The Labute approximate surface area is 125 Å². The lowest BCUT2D eigenvalue weighted by Gasteiger charge is -2.26. The predicted octanol–water partition coefficient (Wildman–Crippen LogP) is 2.90. The highest BCUT2D eigenvalue weighted by molar-refractivity contribution is 9.09. The Hall–Kier alpha value is -0.550. The maximum absolute atomic E-state index is 11.9. The molecule has 3 nitrogen and oxygen atoms in total. The molecule has 0 radical (unpaired) electrons. The van der Waals surface area contributed by atoms with Gasteiger partial charge in [-0.05, 0) is 24.6 Å². The van der Waals surface area contributed by atoms with Gasteiger partial charge in [0.2, 0.25) is 5.91 Å². The molecule has 0 saturated carbocycles. The summed E-state index contributed by atoms with van der Waals surface area (Å²) < 4.78 is 5.08. The first-order valence-corrected chi connectivity index (χ1v) is 7.83. The first-order valence-electron chi connectivity index (χ1n) is 5.59. The summed E-state index contributed by atoms with van der Waals surface area (Å²) in [6.45, 7) is 1.99. The number of hydrogen-bond donors (Lipinski definition) is 1. The van der Waals surface area contributed by atoms with Gasteiger partial charge in [-0.3, -0.25) is 4.79 Å². The van der Waals surface area contributed by atoms with Crippen molar-refractivity contribution in [2.24, 2.45) is 0 Å². The minimum Gasteiger partial charge on any atom is -0.497 e. The number of methoxy groups -OCH3 is 1. The third-order valence-electron chi connectivity index (χ3n) is 2.55. The second-order valence-corrected chi connectivity index (χ2v) is 5.52. The van der Waals surface area contributed by atoms with Gasteiger partial charge in [-0.1, -0.05) is 44.0 Å². The highest BCUT2D eigenvalue weighted by Gasteiger charge is 2.23. The first kappa shape index (κ1) is 15.5. The molecule has 5 heteroatoms. The van der Waals surface area contributed by atoms with E-state index in [1.165, 1.54) is 0 Å². The van der Waals surface area contributed by atoms with Gasteiger partial charge in [0.05, 0.1) is 19.1 Å². The van der Waals surface area contributed by atoms with Crippen LogP contribution >= 0.6 is 31.9 Å². The lowest BCUT2D eigenvalue weighted by Crippen LogP contribution is -2.49. The van der Waals surface area contributed by atoms with Crippen molar-refractivity contribution in [3.8, 4) is 5.75 Å². The summed E-state index contributed by atoms with van der Waals surface area (Å²) in [4.78, 5) is 11.9. The predicted molar refractivity (Wildman–Crippen MR) is 80.8 cm³/mol. The second-order valence-electron chi connectivity index (χ2n) is 4.40. The van der Waals surface area contributed by atoms with Gasteiger partial charge in [0, 0.05) is 10.7 Å². The molecule has 0 aliphatic carbocycles. The lowest BCUT2D eigenvalue weighted by atomic mass is 10.1. The summed E-state index contributed by atoms with van der Waals surface area (Å²) in [5.41, 5.74) is 0.712. The lowest BCUT2D eigenvalue weighted by molar-refractivity contribution is -0.121. The quantitative estimate of drug-likeness (QED) is 0.773. The molecule has 0 heterocycles. The van der Waals surface area contributed by atoms with E-state index < -0.39 is 0 Å². The van der Waals surface area contributed by atoms with Crippen molar-refractivity contribution < 1.29 is 9.53 Å². The monoisotopic (exact) mass is 377 g/mol. The van der Waals surface area contributed by atoms with E-state index in [4.69, 9.17) is 4.74 Å². The fourth-order valence-corrected chi connectivity index (χ4v) is 2.62. The van der Waals surface area contributed by atoms with Crippen molar-refractivity contribution in [1.82, 2.24) is 5.32 Å². The van der Waals surface area contributed by atoms with Crippen molar-refractivity contribution >= 4 is 37.8 Å². The molecule has 0 aromatic heterocycles. The molecule has 0 saturated heterocycles. The van der Waals surface area contributed by atoms with Crippen LogP contribution in [0.15, 0.2) is 24.3 Å². The van der Waals surface area contributed by atoms with Crippen LogP contribution in [0.5, 0.6) is 5.75 Å². The average Bonchev–Trinajstić information content (AvgIpc) is 2.39. The zero-order valence-electron chi connectivity index (χ0n) is 10.5. The Bertz CT molecular complexity index is 388. The van der Waals surface area contributed by atoms with Crippen LogP contribution in [0.3, 0.4) is 0 Å². The summed E-state index contributed by atoms with van der Waals surface area (Å²) in [5.74, 6) is 0.812. The van der Waals surface area contributed by atoms with E-state index >= 15 is 0 Å². The van der Waals surface area contributed by atoms with Crippen LogP contribution in [0, 0.1) is 0 Å². The molecule has 0 bridgehead atoms. The largest absolute Gasteiger partial charge is 0.497 e. The number of hydrogen-bond acceptors (Lipinski definition) is 2. The van der Waals surface area contributed by atoms with Crippen molar-refractivity contribution in [2.75, 3.05) is 17.8 Å². The fourth-order valence-electron chi connectivity index (χ4n) is 1.41. The van der Waals surface area contributed by atoms with E-state index in [0.717, 1.165) is 11.3 Å². The normalized spacial score (nSPS) is 11.1. The van der Waals surface area contributed by atoms with Crippen LogP contribution in [0.4, 0.5) is 0 Å². The Balaban J connectivity index is 2.58. The molecule has 0 atom stereocenters. The molecule has 0 spiro atoms. The summed E-state index contributed by atoms with van der Waals surface area (Å²) in [6, 6.07) is 7.52. The highest BCUT2D eigenvalue weighted by Crippen LogP contribution is 2.14. The van der Waals surface area contributed by atoms with Crippen LogP contribution in [0.2, 0.25) is 0 Å². The molecule has 1 rings (SSSR count). The zero-order valence-corrected chi connectivity index (χ0v) is 13.7. The Kier molecular flexibility index (Phi) is 6.15. The molecule has 0 aliphatic rings. The van der Waals surface area contributed by atoms with E-state index in [-0.39, 0.29) is 11.4 Å². The number of rotatable bonds is 6. The summed E-state index contributed by atoms with van der Waals surface area (Å²) in [5, 5.41) is 4.42. The first-order chi connectivity index (χ1) is 8.53. The minimum atomic E-state index is -0.260. The zero-order chi connectivity index (χ0) is 13.6. The molecule has 0 unspecified atom stereocenters. The molecule has 100 valence electrons. The third-order valence-corrected chi connectivity index (χ3v) is 5.03. The maximum atomic E-state index is 11.9. The molecule has 1 aromatic carbocycles. The number of ether oxygens (including phenoxy) is 1. The van der Waals surface area contributed by atoms with Crippen molar-refractivity contribution in [1.29, 1.82) is 0 Å². The van der Waals surface area contributed by atoms with Gasteiger partial charge in [-0.25, -0.2) is 0 Å². The Morgan fingerprint density at radius 1 is 1.28 bits per heavy atom. The van der Waals surface area contributed by atoms with Crippen LogP contribution in [-0.2, 0) is 11.2 Å².